The Morgan fingerprint density at radius 2 is 1.96 bits per heavy atom. The normalized spacial score (nSPS) is 19.0. The number of aromatic nitrogens is 1. The first-order valence-electron chi connectivity index (χ1n) is 9.48. The fourth-order valence-electron chi connectivity index (χ4n) is 4.23. The lowest BCUT2D eigenvalue weighted by Crippen LogP contribution is -3.14. The van der Waals surface area contributed by atoms with Crippen LogP contribution >= 0.6 is 11.3 Å². The number of aryl methyl sites for hydroxylation is 1. The van der Waals surface area contributed by atoms with E-state index in [0.717, 1.165) is 44.1 Å². The first-order chi connectivity index (χ1) is 12.7. The van der Waals surface area contributed by atoms with Gasteiger partial charge in [0.25, 0.3) is 0 Å². The minimum Gasteiger partial charge on any atom is -0.370 e. The average molecular weight is 373 g/mol. The van der Waals surface area contributed by atoms with Crippen LogP contribution in [0.5, 0.6) is 0 Å². The largest absolute Gasteiger partial charge is 0.370 e. The van der Waals surface area contributed by atoms with E-state index in [1.54, 1.807) is 18.3 Å². The van der Waals surface area contributed by atoms with Gasteiger partial charge < -0.3 is 15.0 Å². The molecule has 1 fully saturated rings. The Balaban J connectivity index is 1.84. The number of thiophene rings is 1. The third-order valence-corrected chi connectivity index (χ3v) is 6.60. The Morgan fingerprint density at radius 1 is 1.23 bits per heavy atom. The van der Waals surface area contributed by atoms with Gasteiger partial charge in [-0.2, -0.15) is 0 Å². The number of amides is 1. The molecule has 1 aliphatic carbocycles. The standard InChI is InChI=1S/C20H25N3O2S/c1-14(24)22-20-18(16-4-2-3-5-17(16)26-20)19(15-6-8-21-9-7-15)23-10-12-25-13-11-23/h6-9,19H,2-5,10-13H2,1H3,(H,22,24)/p+1/t19-/m0/s1. The van der Waals surface area contributed by atoms with E-state index in [4.69, 9.17) is 4.74 Å². The van der Waals surface area contributed by atoms with Gasteiger partial charge in [-0.25, -0.2) is 0 Å². The van der Waals surface area contributed by atoms with Gasteiger partial charge in [0.2, 0.25) is 5.91 Å². The maximum atomic E-state index is 11.9. The summed E-state index contributed by atoms with van der Waals surface area (Å²) in [7, 11) is 0. The second kappa shape index (κ2) is 7.86. The van der Waals surface area contributed by atoms with Crippen molar-refractivity contribution in [2.45, 2.75) is 38.6 Å². The molecule has 1 saturated heterocycles. The molecule has 1 aliphatic heterocycles. The molecule has 2 aliphatic rings. The van der Waals surface area contributed by atoms with Gasteiger partial charge >= 0.3 is 0 Å². The third kappa shape index (κ3) is 3.54. The van der Waals surface area contributed by atoms with E-state index in [-0.39, 0.29) is 11.9 Å². The molecule has 6 heteroatoms. The quantitative estimate of drug-likeness (QED) is 0.863. The van der Waals surface area contributed by atoms with Crippen LogP contribution in [0.25, 0.3) is 0 Å². The number of hydrogen-bond donors (Lipinski definition) is 2. The van der Waals surface area contributed by atoms with Crippen molar-refractivity contribution in [1.29, 1.82) is 0 Å². The van der Waals surface area contributed by atoms with Crippen molar-refractivity contribution in [2.24, 2.45) is 0 Å². The number of fused-ring (bicyclic) bond motifs is 1. The minimum absolute atomic E-state index is 0.00954. The Labute approximate surface area is 158 Å². The van der Waals surface area contributed by atoms with E-state index in [2.05, 4.69) is 22.4 Å². The average Bonchev–Trinajstić information content (AvgIpc) is 3.01. The SMILES string of the molecule is CC(=O)Nc1sc2c(c1[C@H](c1ccncc1)[NH+]1CCOCC1)CCCC2. The van der Waals surface area contributed by atoms with Gasteiger partial charge in [0.15, 0.2) is 0 Å². The van der Waals surface area contributed by atoms with Crippen molar-refractivity contribution in [3.63, 3.8) is 0 Å². The number of rotatable bonds is 4. The van der Waals surface area contributed by atoms with Gasteiger partial charge in [0.05, 0.1) is 18.8 Å². The van der Waals surface area contributed by atoms with Gasteiger partial charge in [-0.1, -0.05) is 0 Å². The van der Waals surface area contributed by atoms with Crippen molar-refractivity contribution in [1.82, 2.24) is 4.98 Å². The zero-order valence-electron chi connectivity index (χ0n) is 15.2. The van der Waals surface area contributed by atoms with E-state index in [1.807, 2.05) is 12.4 Å². The summed E-state index contributed by atoms with van der Waals surface area (Å²) in [6.45, 7) is 5.15. The Kier molecular flexibility index (Phi) is 5.33. The summed E-state index contributed by atoms with van der Waals surface area (Å²) in [5.41, 5.74) is 4.09. The summed E-state index contributed by atoms with van der Waals surface area (Å²) in [4.78, 5) is 19.1. The zero-order valence-corrected chi connectivity index (χ0v) is 16.0. The number of morpholine rings is 1. The van der Waals surface area contributed by atoms with Crippen molar-refractivity contribution in [3.8, 4) is 0 Å². The van der Waals surface area contributed by atoms with Crippen LogP contribution < -0.4 is 10.2 Å². The molecule has 2 aromatic rings. The van der Waals surface area contributed by atoms with Crippen LogP contribution in [0.1, 0.15) is 47.4 Å². The lowest BCUT2D eigenvalue weighted by Gasteiger charge is -2.33. The van der Waals surface area contributed by atoms with Gasteiger partial charge in [0.1, 0.15) is 24.1 Å². The molecule has 26 heavy (non-hydrogen) atoms. The molecule has 2 aromatic heterocycles. The molecule has 0 aromatic carbocycles. The Morgan fingerprint density at radius 3 is 2.69 bits per heavy atom. The second-order valence-corrected chi connectivity index (χ2v) is 8.22. The summed E-state index contributed by atoms with van der Waals surface area (Å²) in [6, 6.07) is 4.47. The lowest BCUT2D eigenvalue weighted by molar-refractivity contribution is -0.933. The van der Waals surface area contributed by atoms with Crippen LogP contribution in [-0.4, -0.2) is 37.2 Å². The number of carbonyl (C=O) groups is 1. The van der Waals surface area contributed by atoms with E-state index < -0.39 is 0 Å². The summed E-state index contributed by atoms with van der Waals surface area (Å²) >= 11 is 1.79. The smallest absolute Gasteiger partial charge is 0.221 e. The molecule has 1 atom stereocenters. The van der Waals surface area contributed by atoms with Crippen LogP contribution in [0.2, 0.25) is 0 Å². The summed E-state index contributed by atoms with van der Waals surface area (Å²) in [5, 5.41) is 4.19. The molecule has 0 saturated carbocycles. The predicted molar refractivity (Wildman–Crippen MR) is 103 cm³/mol. The monoisotopic (exact) mass is 372 g/mol. The summed E-state index contributed by atoms with van der Waals surface area (Å²) < 4.78 is 5.61. The number of hydrogen-bond acceptors (Lipinski definition) is 4. The fraction of sp³-hybridized carbons (Fsp3) is 0.500. The number of ether oxygens (including phenoxy) is 1. The molecular formula is C20H26N3O2S+. The Bertz CT molecular complexity index is 769. The Hall–Kier alpha value is -1.76. The molecule has 1 amide bonds. The molecule has 3 heterocycles. The topological polar surface area (TPSA) is 55.7 Å². The van der Waals surface area contributed by atoms with Gasteiger partial charge in [0, 0.05) is 29.8 Å². The first kappa shape index (κ1) is 17.6. The first-order valence-corrected chi connectivity index (χ1v) is 10.3. The number of carbonyl (C=O) groups excluding carboxylic acids is 1. The molecule has 2 N–H and O–H groups in total. The van der Waals surface area contributed by atoms with Crippen LogP contribution in [0.15, 0.2) is 24.5 Å². The molecule has 0 spiro atoms. The van der Waals surface area contributed by atoms with Crippen molar-refractivity contribution in [2.75, 3.05) is 31.6 Å². The van der Waals surface area contributed by atoms with Crippen LogP contribution in [0, 0.1) is 0 Å². The van der Waals surface area contributed by atoms with E-state index in [1.165, 1.54) is 39.3 Å². The third-order valence-electron chi connectivity index (χ3n) is 5.37. The van der Waals surface area contributed by atoms with Crippen molar-refractivity contribution in [3.05, 3.63) is 46.1 Å². The van der Waals surface area contributed by atoms with Gasteiger partial charge in [-0.3, -0.25) is 9.78 Å². The fourth-order valence-corrected chi connectivity index (χ4v) is 5.61. The predicted octanol–water partition coefficient (Wildman–Crippen LogP) is 1.98. The van der Waals surface area contributed by atoms with Crippen LogP contribution in [0.3, 0.4) is 0 Å². The van der Waals surface area contributed by atoms with Crippen molar-refractivity contribution >= 4 is 22.2 Å². The van der Waals surface area contributed by atoms with Crippen LogP contribution in [-0.2, 0) is 22.4 Å². The zero-order chi connectivity index (χ0) is 17.9. The van der Waals surface area contributed by atoms with E-state index in [0.29, 0.717) is 0 Å². The number of pyridine rings is 1. The lowest BCUT2D eigenvalue weighted by atomic mass is 9.89. The molecule has 0 unspecified atom stereocenters. The molecule has 0 radical (unpaired) electrons. The van der Waals surface area contributed by atoms with E-state index in [9.17, 15) is 4.79 Å². The molecule has 4 rings (SSSR count). The number of anilines is 1. The maximum Gasteiger partial charge on any atom is 0.221 e. The van der Waals surface area contributed by atoms with Gasteiger partial charge in [-0.05, 0) is 43.4 Å². The number of nitrogens with one attached hydrogen (secondary N) is 2. The summed E-state index contributed by atoms with van der Waals surface area (Å²) in [6.07, 6.45) is 8.48. The van der Waals surface area contributed by atoms with Crippen molar-refractivity contribution < 1.29 is 14.4 Å². The summed E-state index contributed by atoms with van der Waals surface area (Å²) in [5.74, 6) is 0.00954. The number of quaternary nitrogens is 1. The maximum absolute atomic E-state index is 11.9. The van der Waals surface area contributed by atoms with Crippen LogP contribution in [0.4, 0.5) is 5.00 Å². The molecule has 5 nitrogen and oxygen atoms in total. The number of nitrogens with zero attached hydrogens (tertiary/aromatic N) is 1. The highest BCUT2D eigenvalue weighted by molar-refractivity contribution is 7.16. The highest BCUT2D eigenvalue weighted by atomic mass is 32.1. The second-order valence-electron chi connectivity index (χ2n) is 7.12. The van der Waals surface area contributed by atoms with E-state index >= 15 is 0 Å². The highest BCUT2D eigenvalue weighted by Gasteiger charge is 2.35. The highest BCUT2D eigenvalue weighted by Crippen LogP contribution is 2.42. The molecule has 0 bridgehead atoms. The molecular weight excluding hydrogens is 346 g/mol. The minimum atomic E-state index is 0.00954. The van der Waals surface area contributed by atoms with Gasteiger partial charge in [-0.15, -0.1) is 11.3 Å². The molecule has 138 valence electrons.